The van der Waals surface area contributed by atoms with E-state index in [2.05, 4.69) is 31.1 Å². The molecule has 2 N–H and O–H groups in total. The van der Waals surface area contributed by atoms with Crippen LogP contribution in [0.4, 0.5) is 4.79 Å². The lowest BCUT2D eigenvalue weighted by Gasteiger charge is -2.22. The molecule has 0 aliphatic rings. The summed E-state index contributed by atoms with van der Waals surface area (Å²) in [6, 6.07) is -1.29. The highest BCUT2D eigenvalue weighted by Crippen LogP contribution is 2.19. The number of unbranched alkanes of at least 4 members (excludes halogenated alkanes) is 2. The summed E-state index contributed by atoms with van der Waals surface area (Å²) in [5.41, 5.74) is 0.817. The normalized spacial score (nSPS) is 11.7. The third-order valence-electron chi connectivity index (χ3n) is 3.76. The second-order valence-corrected chi connectivity index (χ2v) is 8.36. The molecule has 8 heteroatoms. The van der Waals surface area contributed by atoms with Crippen LogP contribution in [0.15, 0.2) is 5.38 Å². The second kappa shape index (κ2) is 13.8. The molecule has 1 heterocycles. The zero-order valence-corrected chi connectivity index (χ0v) is 18.9. The standard InChI is InChI=1S/C14H23N3O3S.C5H11Cl/c1-8(2)11(13(18)19)16-14(20)17(5)6-10-7-21-12(15-10)9(3)4;1-2-3-4-5-6/h7-9,11H,6H2,1-5H3,(H,16,20)(H,18,19);2-5H2,1H3. The molecule has 27 heavy (non-hydrogen) atoms. The van der Waals surface area contributed by atoms with Gasteiger partial charge in [-0.25, -0.2) is 14.6 Å². The molecule has 0 spiro atoms. The van der Waals surface area contributed by atoms with Crippen LogP contribution in [0.25, 0.3) is 0 Å². The second-order valence-electron chi connectivity index (χ2n) is 7.09. The Hall–Kier alpha value is -1.34. The Morgan fingerprint density at radius 3 is 2.30 bits per heavy atom. The Balaban J connectivity index is 0.000000972. The van der Waals surface area contributed by atoms with E-state index in [1.807, 2.05) is 5.38 Å². The van der Waals surface area contributed by atoms with Crippen molar-refractivity contribution in [2.24, 2.45) is 5.92 Å². The molecule has 0 radical (unpaired) electrons. The first-order valence-corrected chi connectivity index (χ1v) is 10.8. The zero-order valence-electron chi connectivity index (χ0n) is 17.3. The summed E-state index contributed by atoms with van der Waals surface area (Å²) >= 11 is 6.95. The number of rotatable bonds is 9. The summed E-state index contributed by atoms with van der Waals surface area (Å²) in [5.74, 6) is -0.0113. The lowest BCUT2D eigenvalue weighted by Crippen LogP contribution is -2.48. The molecule has 1 aromatic rings. The number of halogens is 1. The Bertz CT molecular complexity index is 560. The summed E-state index contributed by atoms with van der Waals surface area (Å²) in [7, 11) is 1.63. The molecule has 1 aromatic heterocycles. The van der Waals surface area contributed by atoms with Crippen LogP contribution in [0.2, 0.25) is 0 Å². The first kappa shape index (κ1) is 25.7. The van der Waals surface area contributed by atoms with Gasteiger partial charge in [0.15, 0.2) is 0 Å². The summed E-state index contributed by atoms with van der Waals surface area (Å²) < 4.78 is 0. The highest BCUT2D eigenvalue weighted by molar-refractivity contribution is 7.09. The maximum atomic E-state index is 12.0. The Morgan fingerprint density at radius 1 is 1.30 bits per heavy atom. The Morgan fingerprint density at radius 2 is 1.93 bits per heavy atom. The SMILES string of the molecule is CC(C)c1nc(CN(C)C(=O)NC(C(=O)O)C(C)C)cs1.CCCCCCl. The van der Waals surface area contributed by atoms with Crippen molar-refractivity contribution in [3.8, 4) is 0 Å². The van der Waals surface area contributed by atoms with Crippen molar-refractivity contribution in [2.45, 2.75) is 72.4 Å². The molecule has 0 aliphatic carbocycles. The number of urea groups is 1. The minimum absolute atomic E-state index is 0.174. The van der Waals surface area contributed by atoms with Gasteiger partial charge in [0.25, 0.3) is 0 Å². The van der Waals surface area contributed by atoms with Crippen LogP contribution in [-0.4, -0.2) is 46.0 Å². The minimum atomic E-state index is -1.03. The molecule has 1 unspecified atom stereocenters. The van der Waals surface area contributed by atoms with Gasteiger partial charge in [-0.1, -0.05) is 47.5 Å². The smallest absolute Gasteiger partial charge is 0.326 e. The molecule has 156 valence electrons. The maximum Gasteiger partial charge on any atom is 0.326 e. The van der Waals surface area contributed by atoms with E-state index >= 15 is 0 Å². The predicted octanol–water partition coefficient (Wildman–Crippen LogP) is 4.93. The molecule has 6 nitrogen and oxygen atoms in total. The first-order chi connectivity index (χ1) is 12.6. The van der Waals surface area contributed by atoms with Crippen molar-refractivity contribution >= 4 is 34.9 Å². The summed E-state index contributed by atoms with van der Waals surface area (Å²) in [4.78, 5) is 29.0. The number of hydrogen-bond donors (Lipinski definition) is 2. The number of carboxylic acid groups (broad SMARTS) is 1. The number of carboxylic acids is 1. The van der Waals surface area contributed by atoms with Gasteiger partial charge in [0.1, 0.15) is 6.04 Å². The summed E-state index contributed by atoms with van der Waals surface area (Å²) in [6.45, 7) is 10.2. The Kier molecular flexibility index (Phi) is 13.1. The van der Waals surface area contributed by atoms with Crippen molar-refractivity contribution in [2.75, 3.05) is 12.9 Å². The third kappa shape index (κ3) is 10.5. The average molecular weight is 420 g/mol. The first-order valence-electron chi connectivity index (χ1n) is 9.38. The number of hydrogen-bond acceptors (Lipinski definition) is 4. The van der Waals surface area contributed by atoms with E-state index in [4.69, 9.17) is 16.7 Å². The number of amides is 2. The van der Waals surface area contributed by atoms with Gasteiger partial charge in [-0.05, 0) is 12.3 Å². The third-order valence-corrected chi connectivity index (χ3v) is 5.22. The maximum absolute atomic E-state index is 12.0. The minimum Gasteiger partial charge on any atom is -0.480 e. The van der Waals surface area contributed by atoms with Crippen LogP contribution in [0.5, 0.6) is 0 Å². The van der Waals surface area contributed by atoms with E-state index in [-0.39, 0.29) is 5.92 Å². The fourth-order valence-electron chi connectivity index (χ4n) is 2.08. The predicted molar refractivity (Wildman–Crippen MR) is 113 cm³/mol. The number of thiazole rings is 1. The number of alkyl halides is 1. The van der Waals surface area contributed by atoms with E-state index in [9.17, 15) is 9.59 Å². The monoisotopic (exact) mass is 419 g/mol. The quantitative estimate of drug-likeness (QED) is 0.439. The van der Waals surface area contributed by atoms with Crippen molar-refractivity contribution in [1.29, 1.82) is 0 Å². The molecule has 0 saturated heterocycles. The molecule has 1 rings (SSSR count). The lowest BCUT2D eigenvalue weighted by molar-refractivity contribution is -0.140. The largest absolute Gasteiger partial charge is 0.480 e. The zero-order chi connectivity index (χ0) is 21.0. The van der Waals surface area contributed by atoms with Gasteiger partial charge in [0, 0.05) is 24.2 Å². The highest BCUT2D eigenvalue weighted by atomic mass is 35.5. The molecule has 0 saturated carbocycles. The lowest BCUT2D eigenvalue weighted by atomic mass is 10.1. The van der Waals surface area contributed by atoms with Crippen molar-refractivity contribution in [3.05, 3.63) is 16.1 Å². The van der Waals surface area contributed by atoms with Gasteiger partial charge in [-0.2, -0.15) is 0 Å². The topological polar surface area (TPSA) is 82.5 Å². The van der Waals surface area contributed by atoms with E-state index in [1.54, 1.807) is 32.2 Å². The molecular weight excluding hydrogens is 386 g/mol. The molecule has 2 amide bonds. The average Bonchev–Trinajstić information content (AvgIpc) is 3.06. The number of nitrogens with one attached hydrogen (secondary N) is 1. The molecule has 0 aliphatic heterocycles. The fourth-order valence-corrected chi connectivity index (χ4v) is 3.09. The van der Waals surface area contributed by atoms with Gasteiger partial charge in [0.2, 0.25) is 0 Å². The van der Waals surface area contributed by atoms with Gasteiger partial charge >= 0.3 is 12.0 Å². The summed E-state index contributed by atoms with van der Waals surface area (Å²) in [6.07, 6.45) is 3.73. The number of aromatic nitrogens is 1. The fraction of sp³-hybridized carbons (Fsp3) is 0.737. The van der Waals surface area contributed by atoms with E-state index in [1.165, 1.54) is 24.2 Å². The van der Waals surface area contributed by atoms with E-state index in [0.29, 0.717) is 12.5 Å². The van der Waals surface area contributed by atoms with Crippen LogP contribution in [0.3, 0.4) is 0 Å². The van der Waals surface area contributed by atoms with Crippen LogP contribution in [0.1, 0.15) is 70.5 Å². The van der Waals surface area contributed by atoms with Crippen molar-refractivity contribution in [1.82, 2.24) is 15.2 Å². The van der Waals surface area contributed by atoms with Crippen molar-refractivity contribution in [3.63, 3.8) is 0 Å². The van der Waals surface area contributed by atoms with Gasteiger partial charge < -0.3 is 15.3 Å². The number of aliphatic carboxylic acids is 1. The van der Waals surface area contributed by atoms with E-state index < -0.39 is 18.0 Å². The molecular formula is C19H34ClN3O3S. The van der Waals surface area contributed by atoms with Crippen LogP contribution in [0, 0.1) is 5.92 Å². The van der Waals surface area contributed by atoms with Gasteiger partial charge in [-0.3, -0.25) is 0 Å². The number of nitrogens with zero attached hydrogens (tertiary/aromatic N) is 2. The number of carbonyl (C=O) groups is 2. The van der Waals surface area contributed by atoms with E-state index in [0.717, 1.165) is 16.6 Å². The van der Waals surface area contributed by atoms with Crippen molar-refractivity contribution < 1.29 is 14.7 Å². The van der Waals surface area contributed by atoms with Gasteiger partial charge in [-0.15, -0.1) is 22.9 Å². The number of carbonyl (C=O) groups excluding carboxylic acids is 1. The van der Waals surface area contributed by atoms with Gasteiger partial charge in [0.05, 0.1) is 17.2 Å². The summed E-state index contributed by atoms with van der Waals surface area (Å²) in [5, 5.41) is 14.6. The molecule has 0 fully saturated rings. The van der Waals surface area contributed by atoms with Crippen LogP contribution in [-0.2, 0) is 11.3 Å². The molecule has 0 aromatic carbocycles. The Labute approximate surface area is 172 Å². The van der Waals surface area contributed by atoms with Crippen LogP contribution < -0.4 is 5.32 Å². The molecule has 1 atom stereocenters. The highest BCUT2D eigenvalue weighted by Gasteiger charge is 2.25. The van der Waals surface area contributed by atoms with Crippen LogP contribution >= 0.6 is 22.9 Å². The molecule has 0 bridgehead atoms.